The minimum Gasteiger partial charge on any atom is -0.504 e. The van der Waals surface area contributed by atoms with Crippen molar-refractivity contribution < 1.29 is 28.2 Å². The third kappa shape index (κ3) is 2.82. The van der Waals surface area contributed by atoms with Crippen molar-refractivity contribution in [1.29, 1.82) is 0 Å². The Kier molecular flexibility index (Phi) is 4.83. The van der Waals surface area contributed by atoms with Crippen LogP contribution in [0.1, 0.15) is 55.2 Å². The van der Waals surface area contributed by atoms with Crippen LogP contribution in [-0.4, -0.2) is 61.2 Å². The molecule has 38 heavy (non-hydrogen) atoms. The van der Waals surface area contributed by atoms with Crippen LogP contribution >= 0.6 is 0 Å². The Hall–Kier alpha value is -2.15. The molecule has 5 aliphatic carbocycles. The van der Waals surface area contributed by atoms with Crippen LogP contribution < -0.4 is 4.74 Å². The summed E-state index contributed by atoms with van der Waals surface area (Å²) in [6.45, 7) is 3.40. The predicted octanol–water partition coefficient (Wildman–Crippen LogP) is 5.12. The zero-order valence-corrected chi connectivity index (χ0v) is 22.5. The van der Waals surface area contributed by atoms with Gasteiger partial charge < -0.3 is 23.8 Å². The van der Waals surface area contributed by atoms with Crippen molar-refractivity contribution in [3.63, 3.8) is 0 Å². The Labute approximate surface area is 224 Å². The predicted molar refractivity (Wildman–Crippen MR) is 141 cm³/mol. The van der Waals surface area contributed by atoms with Crippen molar-refractivity contribution in [2.24, 2.45) is 17.3 Å². The van der Waals surface area contributed by atoms with Crippen molar-refractivity contribution in [3.05, 3.63) is 58.9 Å². The molecule has 2 aliphatic heterocycles. The fourth-order valence-corrected chi connectivity index (χ4v) is 10.4. The summed E-state index contributed by atoms with van der Waals surface area (Å²) in [7, 11) is 4.38. The topological polar surface area (TPSA) is 47.9 Å². The van der Waals surface area contributed by atoms with Crippen LogP contribution in [-0.2, 0) is 27.9 Å². The van der Waals surface area contributed by atoms with Gasteiger partial charge in [0.05, 0.1) is 44.8 Å². The molecule has 2 heterocycles. The minimum absolute atomic E-state index is 0.0960. The van der Waals surface area contributed by atoms with Crippen LogP contribution in [0.2, 0.25) is 0 Å². The first-order chi connectivity index (χ1) is 18.4. The Morgan fingerprint density at radius 2 is 2.03 bits per heavy atom. The lowest BCUT2D eigenvalue weighted by atomic mass is 9.34. The van der Waals surface area contributed by atoms with Gasteiger partial charge in [0.1, 0.15) is 17.5 Å². The van der Waals surface area contributed by atoms with E-state index in [4.69, 9.17) is 14.2 Å². The Morgan fingerprint density at radius 3 is 2.82 bits per heavy atom. The van der Waals surface area contributed by atoms with Crippen molar-refractivity contribution in [2.45, 2.75) is 74.7 Å². The van der Waals surface area contributed by atoms with E-state index in [1.165, 1.54) is 36.6 Å². The molecule has 2 aromatic carbocycles. The summed E-state index contributed by atoms with van der Waals surface area (Å²) < 4.78 is 34.8. The lowest BCUT2D eigenvalue weighted by Crippen LogP contribution is -2.83. The molecule has 2 aromatic rings. The first-order valence-electron chi connectivity index (χ1n) is 14.6. The van der Waals surface area contributed by atoms with Gasteiger partial charge >= 0.3 is 0 Å². The average molecular weight is 521 g/mol. The van der Waals surface area contributed by atoms with E-state index in [0.29, 0.717) is 19.3 Å². The number of fused-ring (bicyclic) bond motifs is 2. The van der Waals surface area contributed by atoms with E-state index in [1.54, 1.807) is 12.1 Å². The quantitative estimate of drug-likeness (QED) is 0.515. The fraction of sp³-hybridized carbons (Fsp3) is 0.625. The summed E-state index contributed by atoms with van der Waals surface area (Å²) in [5.41, 5.74) is 3.05. The maximum Gasteiger partial charge on any atom is 0.165 e. The molecule has 4 saturated carbocycles. The summed E-state index contributed by atoms with van der Waals surface area (Å²) in [5.74, 6) is 1.81. The first-order valence-corrected chi connectivity index (χ1v) is 14.6. The van der Waals surface area contributed by atoms with Crippen molar-refractivity contribution in [2.75, 3.05) is 33.9 Å². The minimum atomic E-state index is -0.467. The molecule has 4 bridgehead atoms. The maximum absolute atomic E-state index is 13.8. The highest BCUT2D eigenvalue weighted by Gasteiger charge is 2.83. The summed E-state index contributed by atoms with van der Waals surface area (Å²) >= 11 is 0. The van der Waals surface area contributed by atoms with E-state index in [9.17, 15) is 9.50 Å². The number of phenolic OH excluding ortho intramolecular Hbond substituents is 1. The third-order valence-corrected chi connectivity index (χ3v) is 12.0. The molecule has 2 spiro atoms. The first kappa shape index (κ1) is 23.7. The fourth-order valence-electron chi connectivity index (χ4n) is 10.4. The van der Waals surface area contributed by atoms with E-state index >= 15 is 0 Å². The number of nitrogens with zero attached hydrogens (tertiary/aromatic N) is 1. The number of rotatable bonds is 7. The Balaban J connectivity index is 1.22. The molecule has 0 radical (unpaired) electrons. The largest absolute Gasteiger partial charge is 0.504 e. The number of ether oxygens (including phenoxy) is 3. The lowest BCUT2D eigenvalue weighted by molar-refractivity contribution is -0.952. The summed E-state index contributed by atoms with van der Waals surface area (Å²) in [6, 6.07) is 11.2. The molecule has 202 valence electrons. The Morgan fingerprint density at radius 1 is 1.16 bits per heavy atom. The number of halogens is 1. The zero-order chi connectivity index (χ0) is 25.9. The second-order valence-electron chi connectivity index (χ2n) is 13.6. The number of aromatic hydroxyl groups is 1. The number of benzene rings is 2. The van der Waals surface area contributed by atoms with Gasteiger partial charge in [-0.2, -0.15) is 0 Å². The van der Waals surface area contributed by atoms with Gasteiger partial charge in [-0.3, -0.25) is 0 Å². The number of hydrogen-bond acceptors (Lipinski definition) is 4. The van der Waals surface area contributed by atoms with Crippen LogP contribution in [0.4, 0.5) is 4.39 Å². The molecule has 9 rings (SSSR count). The van der Waals surface area contributed by atoms with Gasteiger partial charge in [0.25, 0.3) is 0 Å². The number of piperidine rings is 1. The van der Waals surface area contributed by atoms with Crippen molar-refractivity contribution in [1.82, 2.24) is 0 Å². The van der Waals surface area contributed by atoms with Gasteiger partial charge in [-0.15, -0.1) is 0 Å². The second kappa shape index (κ2) is 7.74. The smallest absolute Gasteiger partial charge is 0.165 e. The van der Waals surface area contributed by atoms with E-state index in [2.05, 4.69) is 13.1 Å². The number of likely N-dealkylation sites (N-methyl/N-ethyl adjacent to an activating group) is 1. The highest BCUT2D eigenvalue weighted by molar-refractivity contribution is 5.62. The molecular weight excluding hydrogens is 481 g/mol. The Bertz CT molecular complexity index is 1310. The number of quaternary nitrogens is 1. The zero-order valence-electron chi connectivity index (χ0n) is 22.5. The SMILES string of the molecule is COC12CCC3(CC1COCc1cccc(F)c1)C1Cc4ccc(O)c5c4C3(CC[N+]1(C)CC1CC1)C2O5. The normalized spacial score (nSPS) is 41.6. The van der Waals surface area contributed by atoms with E-state index < -0.39 is 5.60 Å². The van der Waals surface area contributed by atoms with Crippen LogP contribution in [0.25, 0.3) is 0 Å². The number of likely N-dealkylation sites (tertiary alicyclic amines) is 1. The molecule has 5 nitrogen and oxygen atoms in total. The van der Waals surface area contributed by atoms with E-state index in [-0.39, 0.29) is 34.4 Å². The molecule has 7 aliphatic rings. The van der Waals surface area contributed by atoms with Crippen molar-refractivity contribution in [3.8, 4) is 11.5 Å². The highest BCUT2D eigenvalue weighted by Crippen LogP contribution is 2.77. The summed E-state index contributed by atoms with van der Waals surface area (Å²) in [4.78, 5) is 0. The highest BCUT2D eigenvalue weighted by atomic mass is 19.1. The maximum atomic E-state index is 13.8. The molecular formula is C32H39FNO4+. The molecule has 5 fully saturated rings. The number of hydrogen-bond donors (Lipinski definition) is 1. The van der Waals surface area contributed by atoms with Crippen LogP contribution in [0.15, 0.2) is 36.4 Å². The lowest BCUT2D eigenvalue weighted by Gasteiger charge is -2.74. The molecule has 6 heteroatoms. The van der Waals surface area contributed by atoms with Gasteiger partial charge in [-0.25, -0.2) is 4.39 Å². The molecule has 7 atom stereocenters. The molecule has 7 unspecified atom stereocenters. The van der Waals surface area contributed by atoms with Gasteiger partial charge in [0.15, 0.2) is 11.5 Å². The van der Waals surface area contributed by atoms with Crippen LogP contribution in [0.5, 0.6) is 11.5 Å². The molecule has 1 saturated heterocycles. The summed E-state index contributed by atoms with van der Waals surface area (Å²) in [6.07, 6.45) is 7.92. The second-order valence-corrected chi connectivity index (χ2v) is 13.6. The van der Waals surface area contributed by atoms with Gasteiger partial charge in [0.2, 0.25) is 0 Å². The van der Waals surface area contributed by atoms with Gasteiger partial charge in [0, 0.05) is 42.8 Å². The summed E-state index contributed by atoms with van der Waals surface area (Å²) in [5, 5.41) is 11.0. The number of methoxy groups -OCH3 is 1. The van der Waals surface area contributed by atoms with Gasteiger partial charge in [-0.05, 0) is 61.4 Å². The van der Waals surface area contributed by atoms with Gasteiger partial charge in [-0.1, -0.05) is 18.2 Å². The third-order valence-electron chi connectivity index (χ3n) is 12.0. The van der Waals surface area contributed by atoms with Crippen LogP contribution in [0, 0.1) is 23.1 Å². The molecule has 1 N–H and O–H groups in total. The average Bonchev–Trinajstić information content (AvgIpc) is 3.63. The molecule has 0 aromatic heterocycles. The van der Waals surface area contributed by atoms with Crippen molar-refractivity contribution >= 4 is 0 Å². The monoisotopic (exact) mass is 520 g/mol. The van der Waals surface area contributed by atoms with E-state index in [1.807, 2.05) is 19.2 Å². The van der Waals surface area contributed by atoms with E-state index in [0.717, 1.165) is 60.4 Å². The van der Waals surface area contributed by atoms with Crippen LogP contribution in [0.3, 0.4) is 0 Å². The standard InChI is InChI=1S/C32H38FNO4/c1-34(17-20-6-7-20)13-12-31-27-22-8-9-25(35)28(27)38-29(31)32(36-2)11-10-30(31,26(34)15-22)16-23(32)19-37-18-21-4-3-5-24(33)14-21/h3-5,8-9,14,20,23,26,29H,6-7,10-13,15-19H2,1-2H3/p+1. The molecule has 0 amide bonds. The number of phenols is 1.